The number of rotatable bonds is 15. The van der Waals surface area contributed by atoms with Gasteiger partial charge in [-0.1, -0.05) is 89.7 Å². The first-order valence-corrected chi connectivity index (χ1v) is 25.9. The van der Waals surface area contributed by atoms with Crippen molar-refractivity contribution in [1.82, 2.24) is 0 Å². The summed E-state index contributed by atoms with van der Waals surface area (Å²) in [5.74, 6) is -8.49. The first-order valence-electron chi connectivity index (χ1n) is 18.1. The van der Waals surface area contributed by atoms with Crippen LogP contribution in [0.3, 0.4) is 0 Å². The van der Waals surface area contributed by atoms with E-state index in [9.17, 15) is 45.6 Å². The zero-order chi connectivity index (χ0) is 51.0. The van der Waals surface area contributed by atoms with Gasteiger partial charge in [0.25, 0.3) is 0 Å². The van der Waals surface area contributed by atoms with E-state index in [1.807, 2.05) is 48.5 Å². The number of hydrogen-bond acceptors (Lipinski definition) is 13. The largest absolute Gasteiger partial charge is 0.460 e. The van der Waals surface area contributed by atoms with Gasteiger partial charge in [-0.15, -0.1) is 0 Å². The summed E-state index contributed by atoms with van der Waals surface area (Å²) in [4.78, 5) is 23.9. The van der Waals surface area contributed by atoms with Gasteiger partial charge in [0.1, 0.15) is 33.2 Å². The Kier molecular flexibility index (Phi) is 21.6. The van der Waals surface area contributed by atoms with Crippen LogP contribution < -0.4 is 9.05 Å². The molecule has 0 bridgehead atoms. The van der Waals surface area contributed by atoms with E-state index in [4.69, 9.17) is 113 Å². The molecule has 4 aromatic carbocycles. The highest BCUT2D eigenvalue weighted by Gasteiger charge is 2.62. The van der Waals surface area contributed by atoms with E-state index in [1.54, 1.807) is 11.8 Å². The standard InChI is InChI=1S/C17H14ClF7O2.C16H20O6P2S3.C6HCl4NO2/c1-6-11(19)13(21)7(14(22)12(6)20)5-27-15(26)10-8(16(10,2)3)4-9(18)17(23,24)25;1-17-23(25,18-2)21-13-5-9-15(10-6-13)27-16-11-7-14(8-12-16)22-24(26,19-3)20-4;7-2-1-3(8)5(10)6(4(2)9)11(12)13/h4,8,10H,5H2,1-3H3;5-12H,1-4H3;1H/b9-4-;;. The van der Waals surface area contributed by atoms with E-state index in [-0.39, 0.29) is 20.1 Å². The second-order valence-corrected chi connectivity index (χ2v) is 23.2. The molecule has 0 aliphatic heterocycles. The molecule has 1 aliphatic rings. The summed E-state index contributed by atoms with van der Waals surface area (Å²) in [5.41, 5.74) is -3.40. The average molecular weight is 1150 g/mol. The summed E-state index contributed by atoms with van der Waals surface area (Å²) < 4.78 is 129. The summed E-state index contributed by atoms with van der Waals surface area (Å²) in [5, 5.41) is 8.65. The lowest BCUT2D eigenvalue weighted by atomic mass is 10.1. The third-order valence-corrected chi connectivity index (χ3v) is 17.0. The third kappa shape index (κ3) is 15.5. The van der Waals surface area contributed by atoms with Gasteiger partial charge in [-0.05, 0) is 72.9 Å². The Balaban J connectivity index is 0.000000283. The summed E-state index contributed by atoms with van der Waals surface area (Å²) in [6.45, 7) is -2.77. The van der Waals surface area contributed by atoms with Gasteiger partial charge in [0, 0.05) is 67.4 Å². The van der Waals surface area contributed by atoms with Gasteiger partial charge in [0.2, 0.25) is 0 Å². The Morgan fingerprint density at radius 3 is 1.52 bits per heavy atom. The van der Waals surface area contributed by atoms with Crippen molar-refractivity contribution in [2.24, 2.45) is 17.3 Å². The molecule has 4 aromatic rings. The fourth-order valence-electron chi connectivity index (χ4n) is 5.39. The minimum absolute atomic E-state index is 0.00256. The van der Waals surface area contributed by atoms with Crippen molar-refractivity contribution in [2.75, 3.05) is 28.4 Å². The van der Waals surface area contributed by atoms with Crippen molar-refractivity contribution >= 4 is 118 Å². The van der Waals surface area contributed by atoms with Crippen LogP contribution in [-0.4, -0.2) is 45.5 Å². The molecular weight excluding hydrogens is 1110 g/mol. The predicted octanol–water partition coefficient (Wildman–Crippen LogP) is 15.4. The molecule has 28 heteroatoms. The Hall–Kier alpha value is -2.46. The normalized spacial score (nSPS) is 15.7. The van der Waals surface area contributed by atoms with Crippen LogP contribution in [0.25, 0.3) is 0 Å². The highest BCUT2D eigenvalue weighted by molar-refractivity contribution is 8.08. The fourth-order valence-corrected chi connectivity index (χ4v) is 9.15. The molecule has 2 unspecified atom stereocenters. The van der Waals surface area contributed by atoms with Crippen molar-refractivity contribution in [1.29, 1.82) is 0 Å². The van der Waals surface area contributed by atoms with E-state index < -0.39 is 99.5 Å². The van der Waals surface area contributed by atoms with Crippen molar-refractivity contribution in [3.05, 3.63) is 130 Å². The molecule has 0 radical (unpaired) electrons. The van der Waals surface area contributed by atoms with E-state index in [0.717, 1.165) is 16.7 Å². The molecule has 11 nitrogen and oxygen atoms in total. The molecular formula is C39H35Cl5F7NO10P2S3. The molecule has 1 saturated carbocycles. The SMILES string of the molecule is COP(=S)(OC)Oc1ccc(Sc2ccc(OP(=S)(OC)OC)cc2)cc1.Cc1c(F)c(F)c(COC(=O)C2C(/C=C(\Cl)C(F)(F)F)C2(C)C)c(F)c1F.O=[N+]([O-])c1c(Cl)c(Cl)cc(Cl)c1Cl. The molecule has 368 valence electrons. The predicted molar refractivity (Wildman–Crippen MR) is 250 cm³/mol. The van der Waals surface area contributed by atoms with Gasteiger partial charge in [-0.3, -0.25) is 14.9 Å². The minimum atomic E-state index is -4.78. The number of ether oxygens (including phenoxy) is 1. The number of esters is 1. The van der Waals surface area contributed by atoms with Gasteiger partial charge in [-0.25, -0.2) is 17.6 Å². The van der Waals surface area contributed by atoms with Crippen LogP contribution in [0.5, 0.6) is 11.5 Å². The second-order valence-electron chi connectivity index (χ2n) is 13.7. The topological polar surface area (TPSA) is 125 Å². The van der Waals surface area contributed by atoms with E-state index in [0.29, 0.717) is 17.6 Å². The van der Waals surface area contributed by atoms with Crippen LogP contribution in [0.15, 0.2) is 75.5 Å². The first kappa shape index (κ1) is 58.9. The highest BCUT2D eigenvalue weighted by atomic mass is 35.5. The lowest BCUT2D eigenvalue weighted by Crippen LogP contribution is -2.14. The molecule has 2 atom stereocenters. The van der Waals surface area contributed by atoms with Crippen LogP contribution in [-0.2, 0) is 57.8 Å². The van der Waals surface area contributed by atoms with Crippen molar-refractivity contribution in [3.63, 3.8) is 0 Å². The monoisotopic (exact) mass is 1140 g/mol. The average Bonchev–Trinajstić information content (AvgIpc) is 3.83. The van der Waals surface area contributed by atoms with Gasteiger partial charge < -0.3 is 31.9 Å². The molecule has 0 heterocycles. The molecule has 0 amide bonds. The van der Waals surface area contributed by atoms with E-state index >= 15 is 0 Å². The van der Waals surface area contributed by atoms with Gasteiger partial charge in [0.15, 0.2) is 23.3 Å². The smallest absolute Gasteiger partial charge is 0.426 e. The van der Waals surface area contributed by atoms with Crippen LogP contribution in [0.2, 0.25) is 20.1 Å². The quantitative estimate of drug-likeness (QED) is 0.0280. The van der Waals surface area contributed by atoms with Gasteiger partial charge in [0.05, 0.1) is 26.4 Å². The van der Waals surface area contributed by atoms with Crippen LogP contribution in [0.1, 0.15) is 25.0 Å². The Labute approximate surface area is 419 Å². The number of carbonyl (C=O) groups is 1. The summed E-state index contributed by atoms with van der Waals surface area (Å²) in [6, 6.07) is 16.3. The number of allylic oxidation sites excluding steroid dienone is 2. The zero-order valence-corrected chi connectivity index (χ0v) is 43.3. The van der Waals surface area contributed by atoms with E-state index in [1.165, 1.54) is 48.4 Å². The lowest BCUT2D eigenvalue weighted by Gasteiger charge is -2.18. The Bertz CT molecular complexity index is 2450. The number of nitro groups is 1. The summed E-state index contributed by atoms with van der Waals surface area (Å²) in [6.07, 6.45) is -4.11. The molecule has 1 aliphatic carbocycles. The molecule has 0 spiro atoms. The first-order chi connectivity index (χ1) is 31.0. The number of halogens is 12. The van der Waals surface area contributed by atoms with Gasteiger partial charge >= 0.3 is 31.3 Å². The number of hydrogen-bond donors (Lipinski definition) is 0. The summed E-state index contributed by atoms with van der Waals surface area (Å²) >= 11 is 39.3. The number of nitrogens with zero attached hydrogens (tertiary/aromatic N) is 1. The van der Waals surface area contributed by atoms with Crippen molar-refractivity contribution < 1.29 is 72.3 Å². The zero-order valence-electron chi connectivity index (χ0n) is 35.3. The molecule has 0 aromatic heterocycles. The minimum Gasteiger partial charge on any atom is -0.460 e. The Morgan fingerprint density at radius 1 is 0.791 bits per heavy atom. The van der Waals surface area contributed by atoms with Crippen molar-refractivity contribution in [3.8, 4) is 11.5 Å². The van der Waals surface area contributed by atoms with Crippen LogP contribution in [0.4, 0.5) is 36.4 Å². The number of carbonyl (C=O) groups excluding carboxylic acids is 1. The van der Waals surface area contributed by atoms with Crippen LogP contribution >= 0.6 is 83.2 Å². The third-order valence-electron chi connectivity index (χ3n) is 9.18. The van der Waals surface area contributed by atoms with E-state index in [2.05, 4.69) is 0 Å². The molecule has 5 rings (SSSR count). The Morgan fingerprint density at radius 2 is 1.18 bits per heavy atom. The molecule has 1 fully saturated rings. The molecule has 0 saturated heterocycles. The fraction of sp³-hybridized carbons (Fsp3) is 0.308. The van der Waals surface area contributed by atoms with Crippen molar-refractivity contribution in [2.45, 2.75) is 43.3 Å². The second kappa shape index (κ2) is 24.6. The number of alkyl halides is 3. The number of benzene rings is 4. The lowest BCUT2D eigenvalue weighted by molar-refractivity contribution is -0.384. The summed E-state index contributed by atoms with van der Waals surface area (Å²) in [7, 11) is 5.89. The maximum absolute atomic E-state index is 13.8. The maximum atomic E-state index is 13.8. The van der Waals surface area contributed by atoms with Crippen LogP contribution in [0, 0.1) is 57.6 Å². The molecule has 0 N–H and O–H groups in total. The van der Waals surface area contributed by atoms with Gasteiger partial charge in [-0.2, -0.15) is 13.2 Å². The number of nitro benzene ring substituents is 1. The maximum Gasteiger partial charge on any atom is 0.426 e. The highest BCUT2D eigenvalue weighted by Crippen LogP contribution is 2.60. The molecule has 67 heavy (non-hydrogen) atoms.